The van der Waals surface area contributed by atoms with Crippen molar-refractivity contribution in [2.24, 2.45) is 0 Å². The molecule has 0 spiro atoms. The number of hydrogen-bond donors (Lipinski definition) is 2. The molecule has 0 saturated heterocycles. The SMILES string of the molecule is CNCCCC1CNc2ccc(Cl)cc21. The summed E-state index contributed by atoms with van der Waals surface area (Å²) in [6, 6.07) is 6.13. The molecule has 1 aliphatic rings. The van der Waals surface area contributed by atoms with Gasteiger partial charge in [0.15, 0.2) is 0 Å². The lowest BCUT2D eigenvalue weighted by atomic mass is 9.96. The van der Waals surface area contributed by atoms with E-state index in [1.165, 1.54) is 24.1 Å². The molecule has 3 heteroatoms. The number of anilines is 1. The summed E-state index contributed by atoms with van der Waals surface area (Å²) >= 11 is 6.01. The highest BCUT2D eigenvalue weighted by Crippen LogP contribution is 2.35. The largest absolute Gasteiger partial charge is 0.384 e. The highest BCUT2D eigenvalue weighted by atomic mass is 35.5. The molecule has 0 radical (unpaired) electrons. The Morgan fingerprint density at radius 2 is 2.40 bits per heavy atom. The monoisotopic (exact) mass is 224 g/mol. The Labute approximate surface area is 96.0 Å². The second-order valence-electron chi connectivity index (χ2n) is 4.06. The molecule has 1 unspecified atom stereocenters. The Morgan fingerprint density at radius 1 is 1.53 bits per heavy atom. The minimum Gasteiger partial charge on any atom is -0.384 e. The summed E-state index contributed by atoms with van der Waals surface area (Å²) in [6.45, 7) is 2.14. The van der Waals surface area contributed by atoms with Crippen LogP contribution in [-0.4, -0.2) is 20.1 Å². The van der Waals surface area contributed by atoms with Crippen LogP contribution in [0.1, 0.15) is 24.3 Å². The van der Waals surface area contributed by atoms with Gasteiger partial charge in [0.2, 0.25) is 0 Å². The average Bonchev–Trinajstić information content (AvgIpc) is 2.62. The van der Waals surface area contributed by atoms with Gasteiger partial charge in [0.25, 0.3) is 0 Å². The minimum atomic E-state index is 0.632. The normalized spacial score (nSPS) is 18.7. The van der Waals surface area contributed by atoms with Crippen LogP contribution in [0.3, 0.4) is 0 Å². The fraction of sp³-hybridized carbons (Fsp3) is 0.500. The van der Waals surface area contributed by atoms with Gasteiger partial charge >= 0.3 is 0 Å². The van der Waals surface area contributed by atoms with Crippen LogP contribution in [0.5, 0.6) is 0 Å². The quantitative estimate of drug-likeness (QED) is 0.769. The van der Waals surface area contributed by atoms with E-state index in [4.69, 9.17) is 11.6 Å². The third-order valence-electron chi connectivity index (χ3n) is 2.97. The predicted octanol–water partition coefficient (Wildman–Crippen LogP) is 2.85. The number of rotatable bonds is 4. The first-order valence-electron chi connectivity index (χ1n) is 5.49. The lowest BCUT2D eigenvalue weighted by molar-refractivity contribution is 0.606. The topological polar surface area (TPSA) is 24.1 Å². The summed E-state index contributed by atoms with van der Waals surface area (Å²) < 4.78 is 0. The molecule has 1 aromatic carbocycles. The molecule has 1 aromatic rings. The van der Waals surface area contributed by atoms with Crippen LogP contribution in [0.25, 0.3) is 0 Å². The van der Waals surface area contributed by atoms with E-state index >= 15 is 0 Å². The molecule has 0 aliphatic carbocycles. The molecule has 82 valence electrons. The second kappa shape index (κ2) is 4.86. The van der Waals surface area contributed by atoms with Crippen molar-refractivity contribution < 1.29 is 0 Å². The van der Waals surface area contributed by atoms with E-state index in [0.29, 0.717) is 5.92 Å². The molecular formula is C12H17ClN2. The number of fused-ring (bicyclic) bond motifs is 1. The smallest absolute Gasteiger partial charge is 0.0410 e. The Morgan fingerprint density at radius 3 is 3.20 bits per heavy atom. The molecule has 2 nitrogen and oxygen atoms in total. The van der Waals surface area contributed by atoms with Crippen LogP contribution < -0.4 is 10.6 Å². The third kappa shape index (κ3) is 2.44. The Hall–Kier alpha value is -0.730. The van der Waals surface area contributed by atoms with Crippen molar-refractivity contribution in [1.29, 1.82) is 0 Å². The minimum absolute atomic E-state index is 0.632. The first kappa shape index (κ1) is 10.8. The van der Waals surface area contributed by atoms with Crippen LogP contribution in [0.15, 0.2) is 18.2 Å². The van der Waals surface area contributed by atoms with Crippen molar-refractivity contribution in [1.82, 2.24) is 5.32 Å². The molecule has 0 bridgehead atoms. The summed E-state index contributed by atoms with van der Waals surface area (Å²) in [5, 5.41) is 7.45. The molecule has 0 aromatic heterocycles. The molecule has 0 amide bonds. The van der Waals surface area contributed by atoms with E-state index in [0.717, 1.165) is 18.1 Å². The standard InChI is InChI=1S/C12H17ClN2/c1-14-6-2-3-9-8-15-12-5-4-10(13)7-11(9)12/h4-5,7,9,14-15H,2-3,6,8H2,1H3. The molecule has 15 heavy (non-hydrogen) atoms. The maximum Gasteiger partial charge on any atom is 0.0410 e. The molecular weight excluding hydrogens is 208 g/mol. The highest BCUT2D eigenvalue weighted by molar-refractivity contribution is 6.30. The van der Waals surface area contributed by atoms with E-state index < -0.39 is 0 Å². The van der Waals surface area contributed by atoms with Gasteiger partial charge in [-0.3, -0.25) is 0 Å². The van der Waals surface area contributed by atoms with Crippen molar-refractivity contribution >= 4 is 17.3 Å². The summed E-state index contributed by atoms with van der Waals surface area (Å²) in [4.78, 5) is 0. The van der Waals surface area contributed by atoms with Gasteiger partial charge in [0.05, 0.1) is 0 Å². The zero-order valence-electron chi connectivity index (χ0n) is 9.02. The van der Waals surface area contributed by atoms with Gasteiger partial charge in [-0.25, -0.2) is 0 Å². The lowest BCUT2D eigenvalue weighted by Gasteiger charge is -2.09. The van der Waals surface area contributed by atoms with Gasteiger partial charge in [-0.15, -0.1) is 0 Å². The summed E-state index contributed by atoms with van der Waals surface area (Å²) in [5.74, 6) is 0.632. The van der Waals surface area contributed by atoms with E-state index in [2.05, 4.69) is 22.8 Å². The zero-order chi connectivity index (χ0) is 10.7. The third-order valence-corrected chi connectivity index (χ3v) is 3.21. The van der Waals surface area contributed by atoms with Crippen molar-refractivity contribution in [3.8, 4) is 0 Å². The fourth-order valence-electron chi connectivity index (χ4n) is 2.16. The molecule has 0 fully saturated rings. The Balaban J connectivity index is 2.03. The van der Waals surface area contributed by atoms with Crippen LogP contribution in [-0.2, 0) is 0 Å². The Kier molecular flexibility index (Phi) is 3.49. The molecule has 1 atom stereocenters. The molecule has 1 heterocycles. The second-order valence-corrected chi connectivity index (χ2v) is 4.49. The van der Waals surface area contributed by atoms with Crippen LogP contribution in [0, 0.1) is 0 Å². The van der Waals surface area contributed by atoms with Crippen LogP contribution >= 0.6 is 11.6 Å². The van der Waals surface area contributed by atoms with Crippen LogP contribution in [0.4, 0.5) is 5.69 Å². The number of hydrogen-bond acceptors (Lipinski definition) is 2. The van der Waals surface area contributed by atoms with Gasteiger partial charge in [0.1, 0.15) is 0 Å². The van der Waals surface area contributed by atoms with Crippen molar-refractivity contribution in [3.05, 3.63) is 28.8 Å². The fourth-order valence-corrected chi connectivity index (χ4v) is 2.34. The van der Waals surface area contributed by atoms with Crippen molar-refractivity contribution in [2.45, 2.75) is 18.8 Å². The Bertz CT molecular complexity index is 338. The average molecular weight is 225 g/mol. The predicted molar refractivity (Wildman–Crippen MR) is 65.8 cm³/mol. The van der Waals surface area contributed by atoms with E-state index in [1.807, 2.05) is 13.1 Å². The summed E-state index contributed by atoms with van der Waals surface area (Å²) in [5.41, 5.74) is 2.65. The van der Waals surface area contributed by atoms with E-state index in [-0.39, 0.29) is 0 Å². The first-order chi connectivity index (χ1) is 7.31. The van der Waals surface area contributed by atoms with E-state index in [1.54, 1.807) is 0 Å². The zero-order valence-corrected chi connectivity index (χ0v) is 9.77. The molecule has 0 saturated carbocycles. The number of benzene rings is 1. The van der Waals surface area contributed by atoms with E-state index in [9.17, 15) is 0 Å². The van der Waals surface area contributed by atoms with Gasteiger partial charge < -0.3 is 10.6 Å². The van der Waals surface area contributed by atoms with Gasteiger partial charge in [-0.1, -0.05) is 11.6 Å². The maximum atomic E-state index is 6.01. The molecule has 2 rings (SSSR count). The highest BCUT2D eigenvalue weighted by Gasteiger charge is 2.21. The first-order valence-corrected chi connectivity index (χ1v) is 5.87. The van der Waals surface area contributed by atoms with Crippen molar-refractivity contribution in [2.75, 3.05) is 25.5 Å². The number of nitrogens with one attached hydrogen (secondary N) is 2. The van der Waals surface area contributed by atoms with Gasteiger partial charge in [-0.2, -0.15) is 0 Å². The summed E-state index contributed by atoms with van der Waals surface area (Å²) in [7, 11) is 2.00. The summed E-state index contributed by atoms with van der Waals surface area (Å²) in [6.07, 6.45) is 2.44. The molecule has 2 N–H and O–H groups in total. The van der Waals surface area contributed by atoms with Gasteiger partial charge in [-0.05, 0) is 50.2 Å². The maximum absolute atomic E-state index is 6.01. The molecule has 1 aliphatic heterocycles. The number of halogens is 1. The van der Waals surface area contributed by atoms with Crippen LogP contribution in [0.2, 0.25) is 5.02 Å². The van der Waals surface area contributed by atoms with Crippen molar-refractivity contribution in [3.63, 3.8) is 0 Å². The lowest BCUT2D eigenvalue weighted by Crippen LogP contribution is -2.10. The van der Waals surface area contributed by atoms with Gasteiger partial charge in [0, 0.05) is 23.2 Å².